The van der Waals surface area contributed by atoms with Gasteiger partial charge in [0.1, 0.15) is 5.82 Å². The Morgan fingerprint density at radius 1 is 1.05 bits per heavy atom. The first-order valence-electron chi connectivity index (χ1n) is 6.85. The van der Waals surface area contributed by atoms with Crippen LogP contribution in [0.25, 0.3) is 0 Å². The molecule has 2 nitrogen and oxygen atoms in total. The fraction of sp³-hybridized carbons (Fsp3) is 0.294. The van der Waals surface area contributed by atoms with E-state index in [1.165, 1.54) is 11.6 Å². The fourth-order valence-electron chi connectivity index (χ4n) is 2.37. The summed E-state index contributed by atoms with van der Waals surface area (Å²) in [5.41, 5.74) is 8.82. The average Bonchev–Trinajstić information content (AvgIpc) is 2.47. The van der Waals surface area contributed by atoms with Crippen LogP contribution < -0.4 is 5.73 Å². The summed E-state index contributed by atoms with van der Waals surface area (Å²) in [5.74, 6) is -0.154. The van der Waals surface area contributed by atoms with E-state index in [9.17, 15) is 4.39 Å². The molecule has 20 heavy (non-hydrogen) atoms. The third kappa shape index (κ3) is 3.24. The van der Waals surface area contributed by atoms with Crippen molar-refractivity contribution in [3.8, 4) is 0 Å². The second-order valence-electron chi connectivity index (χ2n) is 5.09. The Hall–Kier alpha value is -1.71. The minimum absolute atomic E-state index is 0.0158. The molecule has 0 amide bonds. The predicted molar refractivity (Wildman–Crippen MR) is 80.6 cm³/mol. The fourth-order valence-corrected chi connectivity index (χ4v) is 2.37. The Morgan fingerprint density at radius 2 is 1.65 bits per heavy atom. The lowest BCUT2D eigenvalue weighted by atomic mass is 10.0. The lowest BCUT2D eigenvalue weighted by Crippen LogP contribution is -2.23. The van der Waals surface area contributed by atoms with Crippen molar-refractivity contribution in [3.63, 3.8) is 0 Å². The molecule has 1 atom stereocenters. The van der Waals surface area contributed by atoms with Crippen LogP contribution >= 0.6 is 0 Å². The summed E-state index contributed by atoms with van der Waals surface area (Å²) in [6.45, 7) is 3.30. The van der Waals surface area contributed by atoms with Gasteiger partial charge in [-0.05, 0) is 31.2 Å². The summed E-state index contributed by atoms with van der Waals surface area (Å²) >= 11 is 0. The van der Waals surface area contributed by atoms with Crippen molar-refractivity contribution in [2.75, 3.05) is 7.05 Å². The van der Waals surface area contributed by atoms with Gasteiger partial charge in [-0.15, -0.1) is 0 Å². The van der Waals surface area contributed by atoms with Crippen LogP contribution in [0.2, 0.25) is 0 Å². The highest BCUT2D eigenvalue weighted by Crippen LogP contribution is 2.23. The number of benzene rings is 2. The molecule has 1 unspecified atom stereocenters. The van der Waals surface area contributed by atoms with E-state index >= 15 is 0 Å². The van der Waals surface area contributed by atoms with Gasteiger partial charge >= 0.3 is 0 Å². The molecule has 0 saturated carbocycles. The minimum Gasteiger partial charge on any atom is -0.326 e. The molecule has 2 rings (SSSR count). The van der Waals surface area contributed by atoms with Crippen LogP contribution in [0.3, 0.4) is 0 Å². The Morgan fingerprint density at radius 3 is 2.30 bits per heavy atom. The maximum atomic E-state index is 13.8. The quantitative estimate of drug-likeness (QED) is 0.903. The van der Waals surface area contributed by atoms with Gasteiger partial charge < -0.3 is 5.73 Å². The smallest absolute Gasteiger partial charge is 0.127 e. The van der Waals surface area contributed by atoms with Crippen molar-refractivity contribution in [3.05, 3.63) is 71.0 Å². The maximum Gasteiger partial charge on any atom is 0.127 e. The van der Waals surface area contributed by atoms with Crippen molar-refractivity contribution < 1.29 is 4.39 Å². The van der Waals surface area contributed by atoms with E-state index in [2.05, 4.69) is 11.0 Å². The second-order valence-corrected chi connectivity index (χ2v) is 5.09. The van der Waals surface area contributed by atoms with Crippen LogP contribution in [0.15, 0.2) is 48.5 Å². The Labute approximate surface area is 120 Å². The van der Waals surface area contributed by atoms with E-state index in [1.807, 2.05) is 44.3 Å². The van der Waals surface area contributed by atoms with Crippen LogP contribution in [-0.4, -0.2) is 11.9 Å². The van der Waals surface area contributed by atoms with E-state index in [0.717, 1.165) is 17.7 Å². The monoisotopic (exact) mass is 272 g/mol. The Bertz CT molecular complexity index is 568. The summed E-state index contributed by atoms with van der Waals surface area (Å²) in [6.07, 6.45) is 0. The van der Waals surface area contributed by atoms with Crippen LogP contribution in [0.5, 0.6) is 0 Å². The summed E-state index contributed by atoms with van der Waals surface area (Å²) in [7, 11) is 2.00. The lowest BCUT2D eigenvalue weighted by molar-refractivity contribution is 0.247. The highest BCUT2D eigenvalue weighted by molar-refractivity contribution is 5.27. The van der Waals surface area contributed by atoms with Crippen molar-refractivity contribution in [2.45, 2.75) is 26.1 Å². The molecule has 0 aliphatic rings. The molecule has 0 heterocycles. The highest BCUT2D eigenvalue weighted by Gasteiger charge is 2.16. The number of halogens is 1. The van der Waals surface area contributed by atoms with Gasteiger partial charge in [0.05, 0.1) is 0 Å². The number of nitrogens with two attached hydrogens (primary N) is 1. The van der Waals surface area contributed by atoms with Crippen molar-refractivity contribution in [1.82, 2.24) is 4.90 Å². The van der Waals surface area contributed by atoms with Gasteiger partial charge in [0.2, 0.25) is 0 Å². The van der Waals surface area contributed by atoms with E-state index in [4.69, 9.17) is 5.73 Å². The van der Waals surface area contributed by atoms with Gasteiger partial charge in [0, 0.05) is 24.7 Å². The van der Waals surface area contributed by atoms with Crippen LogP contribution in [0.4, 0.5) is 4.39 Å². The molecule has 0 aliphatic carbocycles. The van der Waals surface area contributed by atoms with Gasteiger partial charge in [-0.1, -0.05) is 42.5 Å². The molecule has 106 valence electrons. The topological polar surface area (TPSA) is 29.3 Å². The SMILES string of the molecule is CC(c1ccccc1F)N(C)Cc1ccccc1CN. The summed E-state index contributed by atoms with van der Waals surface area (Å²) in [4.78, 5) is 2.13. The zero-order valence-electron chi connectivity index (χ0n) is 12.0. The number of hydrogen-bond donors (Lipinski definition) is 1. The zero-order valence-corrected chi connectivity index (χ0v) is 12.0. The van der Waals surface area contributed by atoms with Crippen LogP contribution in [0.1, 0.15) is 29.7 Å². The predicted octanol–water partition coefficient (Wildman–Crippen LogP) is 3.48. The second kappa shape index (κ2) is 6.64. The van der Waals surface area contributed by atoms with E-state index in [-0.39, 0.29) is 11.9 Å². The Kier molecular flexibility index (Phi) is 4.88. The third-order valence-corrected chi connectivity index (χ3v) is 3.77. The van der Waals surface area contributed by atoms with Crippen molar-refractivity contribution in [1.29, 1.82) is 0 Å². The summed E-state index contributed by atoms with van der Waals surface area (Å²) in [5, 5.41) is 0. The normalized spacial score (nSPS) is 12.7. The first kappa shape index (κ1) is 14.7. The lowest BCUT2D eigenvalue weighted by Gasteiger charge is -2.26. The number of nitrogens with zero attached hydrogens (tertiary/aromatic N) is 1. The van der Waals surface area contributed by atoms with Gasteiger partial charge in [-0.2, -0.15) is 0 Å². The molecular formula is C17H21FN2. The average molecular weight is 272 g/mol. The molecule has 2 N–H and O–H groups in total. The van der Waals surface area contributed by atoms with Crippen LogP contribution in [0, 0.1) is 5.82 Å². The first-order valence-corrected chi connectivity index (χ1v) is 6.85. The molecule has 2 aromatic carbocycles. The van der Waals surface area contributed by atoms with Gasteiger partial charge in [-0.25, -0.2) is 4.39 Å². The van der Waals surface area contributed by atoms with Gasteiger partial charge in [-0.3, -0.25) is 4.90 Å². The van der Waals surface area contributed by atoms with E-state index in [1.54, 1.807) is 6.07 Å². The zero-order chi connectivity index (χ0) is 14.5. The standard InChI is InChI=1S/C17H21FN2/c1-13(16-9-5-6-10-17(16)18)20(2)12-15-8-4-3-7-14(15)11-19/h3-10,13H,11-12,19H2,1-2H3. The third-order valence-electron chi connectivity index (χ3n) is 3.77. The summed E-state index contributed by atoms with van der Waals surface area (Å²) in [6, 6.07) is 15.1. The van der Waals surface area contributed by atoms with E-state index in [0.29, 0.717) is 6.54 Å². The molecule has 0 radical (unpaired) electrons. The molecule has 0 aliphatic heterocycles. The molecule has 0 fully saturated rings. The molecule has 0 saturated heterocycles. The van der Waals surface area contributed by atoms with Crippen LogP contribution in [-0.2, 0) is 13.1 Å². The van der Waals surface area contributed by atoms with Crippen molar-refractivity contribution >= 4 is 0 Å². The number of rotatable bonds is 5. The largest absolute Gasteiger partial charge is 0.326 e. The summed E-state index contributed by atoms with van der Waals surface area (Å²) < 4.78 is 13.8. The number of hydrogen-bond acceptors (Lipinski definition) is 2. The molecule has 3 heteroatoms. The molecule has 0 spiro atoms. The van der Waals surface area contributed by atoms with Crippen molar-refractivity contribution in [2.24, 2.45) is 5.73 Å². The molecule has 0 aromatic heterocycles. The Balaban J connectivity index is 2.16. The van der Waals surface area contributed by atoms with Gasteiger partial charge in [0.15, 0.2) is 0 Å². The molecule has 0 bridgehead atoms. The minimum atomic E-state index is -0.154. The molecular weight excluding hydrogens is 251 g/mol. The molecule has 2 aromatic rings. The van der Waals surface area contributed by atoms with Gasteiger partial charge in [0.25, 0.3) is 0 Å². The van der Waals surface area contributed by atoms with E-state index < -0.39 is 0 Å². The maximum absolute atomic E-state index is 13.8. The highest BCUT2D eigenvalue weighted by atomic mass is 19.1. The first-order chi connectivity index (χ1) is 9.63.